The first-order chi connectivity index (χ1) is 19.8. The number of aromatic nitrogens is 5. The predicted octanol–water partition coefficient (Wildman–Crippen LogP) is 5.08. The lowest BCUT2D eigenvalue weighted by molar-refractivity contribution is 1.08. The first-order valence-corrected chi connectivity index (χ1v) is 13.0. The number of hydrogen-bond acceptors (Lipinski definition) is 5. The van der Waals surface area contributed by atoms with Crippen molar-refractivity contribution >= 4 is 55.6 Å². The first-order valence-electron chi connectivity index (χ1n) is 13.0. The second kappa shape index (κ2) is 7.84. The number of H-pyrrole nitrogens is 4. The van der Waals surface area contributed by atoms with E-state index in [2.05, 4.69) is 32.1 Å². The molecule has 6 heterocycles. The number of nitrogens with zero attached hydrogens (tertiary/aromatic N) is 5. The summed E-state index contributed by atoms with van der Waals surface area (Å²) in [6, 6.07) is 28.3. The smallest absolute Gasteiger partial charge is 0.180 e. The van der Waals surface area contributed by atoms with Crippen LogP contribution in [0.15, 0.2) is 111 Å². The molecule has 0 amide bonds. The maximum Gasteiger partial charge on any atom is 0.180 e. The van der Waals surface area contributed by atoms with Crippen molar-refractivity contribution in [1.82, 2.24) is 24.9 Å². The molecular formula is C31H19N9. The molecule has 3 aliphatic heterocycles. The minimum atomic E-state index is 0.549. The van der Waals surface area contributed by atoms with Crippen LogP contribution in [-0.4, -0.2) is 24.9 Å². The molecule has 8 bridgehead atoms. The molecule has 0 radical (unpaired) electrons. The van der Waals surface area contributed by atoms with Crippen molar-refractivity contribution in [3.63, 3.8) is 0 Å². The molecule has 188 valence electrons. The highest BCUT2D eigenvalue weighted by molar-refractivity contribution is 5.99. The molecule has 0 saturated heterocycles. The van der Waals surface area contributed by atoms with Gasteiger partial charge in [-0.1, -0.05) is 72.8 Å². The highest BCUT2D eigenvalue weighted by Crippen LogP contribution is 2.38. The average molecular weight is 518 g/mol. The highest BCUT2D eigenvalue weighted by atomic mass is 15.1. The zero-order valence-electron chi connectivity index (χ0n) is 20.9. The fourth-order valence-corrected chi connectivity index (χ4v) is 5.58. The van der Waals surface area contributed by atoms with Crippen LogP contribution in [0.5, 0.6) is 0 Å². The number of fused-ring (bicyclic) bond motifs is 20. The van der Waals surface area contributed by atoms with Crippen LogP contribution in [0.3, 0.4) is 0 Å². The zero-order chi connectivity index (χ0) is 26.2. The Balaban J connectivity index is 1.50. The van der Waals surface area contributed by atoms with E-state index >= 15 is 0 Å². The largest absolute Gasteiger partial charge is 0.358 e. The van der Waals surface area contributed by atoms with Gasteiger partial charge < -0.3 is 19.9 Å². The van der Waals surface area contributed by atoms with Gasteiger partial charge in [-0.2, -0.15) is 0 Å². The van der Waals surface area contributed by atoms with Crippen LogP contribution in [0.25, 0.3) is 43.6 Å². The SMILES string of the molecule is c1c[nH]c2c3nc(c-2c1)N=c1[nH]c(c2ccccc12)=Nc1[nH]c(c2ccccc12)N=c1[nH]c(c2ccccc12)=N3. The summed E-state index contributed by atoms with van der Waals surface area (Å²) in [5.74, 6) is 2.56. The summed E-state index contributed by atoms with van der Waals surface area (Å²) >= 11 is 0. The molecule has 0 saturated carbocycles. The Morgan fingerprint density at radius 2 is 0.900 bits per heavy atom. The molecule has 9 nitrogen and oxygen atoms in total. The fraction of sp³-hybridized carbons (Fsp3) is 0. The summed E-state index contributed by atoms with van der Waals surface area (Å²) in [5, 5.41) is 5.80. The van der Waals surface area contributed by atoms with E-state index in [4.69, 9.17) is 25.0 Å². The normalized spacial score (nSPS) is 12.8. The second-order valence-corrected chi connectivity index (χ2v) is 9.77. The molecule has 9 rings (SSSR count). The molecule has 0 atom stereocenters. The van der Waals surface area contributed by atoms with Gasteiger partial charge in [0.2, 0.25) is 0 Å². The lowest BCUT2D eigenvalue weighted by Crippen LogP contribution is -2.10. The molecule has 6 aromatic rings. The summed E-state index contributed by atoms with van der Waals surface area (Å²) in [5.41, 5.74) is 4.46. The van der Waals surface area contributed by atoms with Gasteiger partial charge in [0.05, 0.1) is 5.69 Å². The van der Waals surface area contributed by atoms with E-state index in [9.17, 15) is 0 Å². The molecule has 0 fully saturated rings. The third kappa shape index (κ3) is 2.99. The lowest BCUT2D eigenvalue weighted by Gasteiger charge is -1.98. The maximum absolute atomic E-state index is 5.06. The van der Waals surface area contributed by atoms with Crippen molar-refractivity contribution in [3.05, 3.63) is 113 Å². The topological polar surface area (TPSA) is 125 Å². The summed E-state index contributed by atoms with van der Waals surface area (Å²) in [6.45, 7) is 0. The summed E-state index contributed by atoms with van der Waals surface area (Å²) in [7, 11) is 0. The quantitative estimate of drug-likeness (QED) is 0.220. The number of aromatic amines is 4. The fourth-order valence-electron chi connectivity index (χ4n) is 5.58. The minimum Gasteiger partial charge on any atom is -0.358 e. The third-order valence-electron chi connectivity index (χ3n) is 7.44. The number of hydrogen-bond donors (Lipinski definition) is 4. The number of rotatable bonds is 0. The number of benzene rings is 3. The predicted molar refractivity (Wildman–Crippen MR) is 153 cm³/mol. The van der Waals surface area contributed by atoms with Crippen LogP contribution in [0.4, 0.5) is 23.3 Å². The van der Waals surface area contributed by atoms with E-state index in [1.807, 2.05) is 79.0 Å². The van der Waals surface area contributed by atoms with Gasteiger partial charge in [-0.3, -0.25) is 0 Å². The van der Waals surface area contributed by atoms with Gasteiger partial charge in [-0.25, -0.2) is 25.0 Å². The van der Waals surface area contributed by atoms with Crippen molar-refractivity contribution < 1.29 is 0 Å². The van der Waals surface area contributed by atoms with Gasteiger partial charge in [0.15, 0.2) is 11.6 Å². The molecule has 0 unspecified atom stereocenters. The van der Waals surface area contributed by atoms with Gasteiger partial charge in [0.1, 0.15) is 33.6 Å². The van der Waals surface area contributed by atoms with Crippen LogP contribution in [0.1, 0.15) is 0 Å². The Hall–Kier alpha value is -5.83. The van der Waals surface area contributed by atoms with Crippen LogP contribution in [0.2, 0.25) is 0 Å². The van der Waals surface area contributed by atoms with E-state index in [1.54, 1.807) is 0 Å². The second-order valence-electron chi connectivity index (χ2n) is 9.77. The maximum atomic E-state index is 5.06. The first kappa shape index (κ1) is 21.1. The Labute approximate surface area is 224 Å². The van der Waals surface area contributed by atoms with Crippen LogP contribution >= 0.6 is 0 Å². The van der Waals surface area contributed by atoms with Gasteiger partial charge in [0.25, 0.3) is 0 Å². The van der Waals surface area contributed by atoms with E-state index < -0.39 is 0 Å². The van der Waals surface area contributed by atoms with Gasteiger partial charge >= 0.3 is 0 Å². The molecule has 3 aromatic heterocycles. The van der Waals surface area contributed by atoms with Crippen molar-refractivity contribution in [1.29, 1.82) is 0 Å². The van der Waals surface area contributed by atoms with E-state index in [1.165, 1.54) is 0 Å². The Kier molecular flexibility index (Phi) is 4.14. The monoisotopic (exact) mass is 517 g/mol. The number of nitrogens with one attached hydrogen (secondary N) is 4. The zero-order valence-corrected chi connectivity index (χ0v) is 20.9. The molecule has 4 N–H and O–H groups in total. The highest BCUT2D eigenvalue weighted by Gasteiger charge is 2.19. The Morgan fingerprint density at radius 3 is 1.45 bits per heavy atom. The molecule has 9 heteroatoms. The van der Waals surface area contributed by atoms with Crippen LogP contribution < -0.4 is 22.0 Å². The molecular weight excluding hydrogens is 498 g/mol. The molecule has 40 heavy (non-hydrogen) atoms. The van der Waals surface area contributed by atoms with Crippen molar-refractivity contribution in [2.75, 3.05) is 0 Å². The van der Waals surface area contributed by atoms with Crippen molar-refractivity contribution in [2.24, 2.45) is 20.0 Å². The third-order valence-corrected chi connectivity index (χ3v) is 7.44. The average Bonchev–Trinajstić information content (AvgIpc) is 3.73. The lowest BCUT2D eigenvalue weighted by atomic mass is 10.2. The van der Waals surface area contributed by atoms with Crippen molar-refractivity contribution in [2.45, 2.75) is 0 Å². The van der Waals surface area contributed by atoms with Crippen LogP contribution in [0, 0.1) is 0 Å². The standard InChI is InChI=1S/C31H19N9/c1-2-9-17-16(8-1)24-33-25(17)35-27-20-12-5-6-13-21(20)29(37-27)39-31-23-22(14-7-15-32-23)30(40-31)38-28-19-11-4-3-10-18(19)26(34-24)36-28/h1-15,32-33H,(H,35,37,39)(H,34,36,38,40). The summed E-state index contributed by atoms with van der Waals surface area (Å²) in [4.78, 5) is 38.7. The molecule has 3 aromatic carbocycles. The van der Waals surface area contributed by atoms with Gasteiger partial charge in [-0.05, 0) is 12.1 Å². The Morgan fingerprint density at radius 1 is 0.425 bits per heavy atom. The summed E-state index contributed by atoms with van der Waals surface area (Å²) in [6.07, 6.45) is 1.87. The van der Waals surface area contributed by atoms with Gasteiger partial charge in [0, 0.05) is 44.1 Å². The van der Waals surface area contributed by atoms with Crippen LogP contribution in [-0.2, 0) is 0 Å². The van der Waals surface area contributed by atoms with E-state index in [-0.39, 0.29) is 0 Å². The van der Waals surface area contributed by atoms with E-state index in [0.717, 1.165) is 49.4 Å². The van der Waals surface area contributed by atoms with E-state index in [0.29, 0.717) is 39.4 Å². The van der Waals surface area contributed by atoms with Crippen molar-refractivity contribution in [3.8, 4) is 11.3 Å². The molecule has 0 spiro atoms. The molecule has 0 aliphatic carbocycles. The number of pyridine rings is 1. The minimum absolute atomic E-state index is 0.549. The Bertz CT molecular complexity index is 2330. The summed E-state index contributed by atoms with van der Waals surface area (Å²) < 4.78 is 0. The van der Waals surface area contributed by atoms with Gasteiger partial charge in [-0.15, -0.1) is 0 Å². The molecule has 3 aliphatic rings.